The Balaban J connectivity index is 1.75. The van der Waals surface area contributed by atoms with Crippen molar-refractivity contribution in [2.45, 2.75) is 26.7 Å². The van der Waals surface area contributed by atoms with E-state index in [1.54, 1.807) is 0 Å². The number of hydrogen-bond acceptors (Lipinski definition) is 0. The van der Waals surface area contributed by atoms with Crippen LogP contribution < -0.4 is 4.57 Å². The second kappa shape index (κ2) is 5.90. The summed E-state index contributed by atoms with van der Waals surface area (Å²) in [5.41, 5.74) is 17.2. The van der Waals surface area contributed by atoms with Crippen LogP contribution in [0.15, 0.2) is 66.9 Å². The van der Waals surface area contributed by atoms with Gasteiger partial charge in [0.05, 0.1) is 5.56 Å². The van der Waals surface area contributed by atoms with Crippen LogP contribution in [0.2, 0.25) is 0 Å². The summed E-state index contributed by atoms with van der Waals surface area (Å²) in [6, 6.07) is 22.5. The van der Waals surface area contributed by atoms with Gasteiger partial charge in [0, 0.05) is 11.6 Å². The molecule has 2 aliphatic rings. The normalized spacial score (nSPS) is 13.1. The van der Waals surface area contributed by atoms with E-state index < -0.39 is 0 Å². The first-order valence-corrected chi connectivity index (χ1v) is 10.4. The van der Waals surface area contributed by atoms with E-state index in [2.05, 4.69) is 92.3 Å². The maximum absolute atomic E-state index is 2.34. The van der Waals surface area contributed by atoms with Crippen LogP contribution in [0.5, 0.6) is 0 Å². The molecule has 0 radical (unpaired) electrons. The van der Waals surface area contributed by atoms with E-state index in [0.29, 0.717) is 0 Å². The fourth-order valence-electron chi connectivity index (χ4n) is 5.55. The summed E-state index contributed by atoms with van der Waals surface area (Å²) >= 11 is 0. The van der Waals surface area contributed by atoms with Gasteiger partial charge in [-0.05, 0) is 82.8 Å². The molecule has 0 saturated heterocycles. The molecule has 1 heterocycles. The molecule has 1 nitrogen and oxygen atoms in total. The molecule has 29 heavy (non-hydrogen) atoms. The molecular weight excluding hydrogens is 350 g/mol. The predicted molar refractivity (Wildman–Crippen MR) is 119 cm³/mol. The first-order valence-electron chi connectivity index (χ1n) is 10.4. The standard InChI is InChI=1S/C28H24N/c1-17-12-13-25(29(3)16-17)26-18(2)23-14-19-8-4-6-10-21(19)27(23)28-22-11-7-5-9-20(22)15-24(26)28/h4-13,16H,14-15H2,1-3H3/q+1. The Hall–Kier alpha value is -3.19. The van der Waals surface area contributed by atoms with Crippen LogP contribution in [-0.4, -0.2) is 0 Å². The largest absolute Gasteiger partial charge is 0.212 e. The Kier molecular flexibility index (Phi) is 3.41. The quantitative estimate of drug-likeness (QED) is 0.314. The van der Waals surface area contributed by atoms with Crippen molar-refractivity contribution in [3.8, 4) is 33.5 Å². The Bertz CT molecular complexity index is 1330. The second-order valence-corrected chi connectivity index (χ2v) is 8.58. The van der Waals surface area contributed by atoms with Crippen molar-refractivity contribution < 1.29 is 4.57 Å². The molecule has 1 heteroatoms. The van der Waals surface area contributed by atoms with E-state index >= 15 is 0 Å². The van der Waals surface area contributed by atoms with Gasteiger partial charge in [-0.3, -0.25) is 0 Å². The zero-order valence-electron chi connectivity index (χ0n) is 17.2. The van der Waals surface area contributed by atoms with Gasteiger partial charge in [-0.25, -0.2) is 4.57 Å². The average Bonchev–Trinajstić information content (AvgIpc) is 3.28. The predicted octanol–water partition coefficient (Wildman–Crippen LogP) is 5.94. The highest BCUT2D eigenvalue weighted by Gasteiger charge is 2.34. The van der Waals surface area contributed by atoms with Crippen LogP contribution in [-0.2, 0) is 19.9 Å². The molecule has 1 aromatic heterocycles. The maximum Gasteiger partial charge on any atom is 0.212 e. The number of hydrogen-bond donors (Lipinski definition) is 0. The van der Waals surface area contributed by atoms with Gasteiger partial charge in [0.2, 0.25) is 5.69 Å². The average molecular weight is 375 g/mol. The summed E-state index contributed by atoms with van der Waals surface area (Å²) in [6.07, 6.45) is 4.30. The molecule has 0 atom stereocenters. The summed E-state index contributed by atoms with van der Waals surface area (Å²) in [4.78, 5) is 0. The monoisotopic (exact) mass is 374 g/mol. The van der Waals surface area contributed by atoms with E-state index in [1.165, 1.54) is 66.9 Å². The van der Waals surface area contributed by atoms with Gasteiger partial charge < -0.3 is 0 Å². The summed E-state index contributed by atoms with van der Waals surface area (Å²) < 4.78 is 2.30. The van der Waals surface area contributed by atoms with Crippen molar-refractivity contribution in [2.24, 2.45) is 7.05 Å². The highest BCUT2D eigenvalue weighted by molar-refractivity contribution is 6.00. The Morgan fingerprint density at radius 3 is 1.90 bits per heavy atom. The molecule has 0 aliphatic heterocycles. The molecular formula is C28H24N+. The molecule has 0 saturated carbocycles. The molecule has 0 N–H and O–H groups in total. The zero-order chi connectivity index (χ0) is 19.7. The number of aryl methyl sites for hydroxylation is 2. The van der Waals surface area contributed by atoms with E-state index in [9.17, 15) is 0 Å². The lowest BCUT2D eigenvalue weighted by Gasteiger charge is -2.18. The molecule has 0 spiro atoms. The number of aromatic nitrogens is 1. The van der Waals surface area contributed by atoms with Gasteiger partial charge in [-0.1, -0.05) is 48.5 Å². The van der Waals surface area contributed by atoms with Crippen molar-refractivity contribution in [1.82, 2.24) is 0 Å². The lowest BCUT2D eigenvalue weighted by atomic mass is 9.85. The van der Waals surface area contributed by atoms with Crippen LogP contribution in [0, 0.1) is 13.8 Å². The van der Waals surface area contributed by atoms with Gasteiger partial charge >= 0.3 is 0 Å². The lowest BCUT2D eigenvalue weighted by Crippen LogP contribution is -2.31. The Morgan fingerprint density at radius 2 is 1.24 bits per heavy atom. The Labute approximate surface area is 172 Å². The Morgan fingerprint density at radius 1 is 0.655 bits per heavy atom. The molecule has 3 aromatic carbocycles. The smallest absolute Gasteiger partial charge is 0.201 e. The van der Waals surface area contributed by atoms with Crippen molar-refractivity contribution in [1.29, 1.82) is 0 Å². The molecule has 0 amide bonds. The van der Waals surface area contributed by atoms with Crippen LogP contribution in [0.1, 0.15) is 33.4 Å². The van der Waals surface area contributed by atoms with Crippen molar-refractivity contribution in [3.63, 3.8) is 0 Å². The number of nitrogens with zero attached hydrogens (tertiary/aromatic N) is 1. The maximum atomic E-state index is 2.34. The zero-order valence-corrected chi connectivity index (χ0v) is 17.2. The van der Waals surface area contributed by atoms with Gasteiger partial charge in [0.25, 0.3) is 0 Å². The van der Waals surface area contributed by atoms with Crippen LogP contribution in [0.4, 0.5) is 0 Å². The fraction of sp³-hybridized carbons (Fsp3) is 0.179. The van der Waals surface area contributed by atoms with E-state index in [-0.39, 0.29) is 0 Å². The van der Waals surface area contributed by atoms with Gasteiger partial charge in [-0.15, -0.1) is 0 Å². The molecule has 6 rings (SSSR count). The van der Waals surface area contributed by atoms with Gasteiger partial charge in [0.1, 0.15) is 7.05 Å². The van der Waals surface area contributed by atoms with Gasteiger partial charge in [0.15, 0.2) is 6.20 Å². The molecule has 0 unspecified atom stereocenters. The molecule has 4 aromatic rings. The van der Waals surface area contributed by atoms with E-state index in [1.807, 2.05) is 0 Å². The highest BCUT2D eigenvalue weighted by atomic mass is 14.9. The van der Waals surface area contributed by atoms with Crippen LogP contribution in [0.25, 0.3) is 33.5 Å². The van der Waals surface area contributed by atoms with E-state index in [4.69, 9.17) is 0 Å². The number of rotatable bonds is 1. The topological polar surface area (TPSA) is 3.88 Å². The van der Waals surface area contributed by atoms with Crippen LogP contribution in [0.3, 0.4) is 0 Å². The summed E-state index contributed by atoms with van der Waals surface area (Å²) in [5, 5.41) is 0. The highest BCUT2D eigenvalue weighted by Crippen LogP contribution is 2.53. The van der Waals surface area contributed by atoms with Crippen molar-refractivity contribution >= 4 is 0 Å². The number of benzene rings is 3. The SMILES string of the molecule is Cc1ccc(-c2c(C)c3c(c4c2Cc2ccccc2-4)-c2ccccc2C3)[n+](C)c1. The minimum absolute atomic E-state index is 1.02. The molecule has 0 fully saturated rings. The summed E-state index contributed by atoms with van der Waals surface area (Å²) in [6.45, 7) is 4.50. The lowest BCUT2D eigenvalue weighted by molar-refractivity contribution is -0.660. The second-order valence-electron chi connectivity index (χ2n) is 8.58. The third-order valence-corrected chi connectivity index (χ3v) is 6.83. The van der Waals surface area contributed by atoms with Gasteiger partial charge in [-0.2, -0.15) is 0 Å². The fourth-order valence-corrected chi connectivity index (χ4v) is 5.55. The van der Waals surface area contributed by atoms with Crippen molar-refractivity contribution in [2.75, 3.05) is 0 Å². The molecule has 0 bridgehead atoms. The first-order chi connectivity index (χ1) is 14.1. The number of fused-ring (bicyclic) bond motifs is 7. The summed E-state index contributed by atoms with van der Waals surface area (Å²) in [7, 11) is 2.18. The van der Waals surface area contributed by atoms with Crippen molar-refractivity contribution in [3.05, 3.63) is 100 Å². The van der Waals surface area contributed by atoms with E-state index in [0.717, 1.165) is 12.8 Å². The third kappa shape index (κ3) is 2.25. The first kappa shape index (κ1) is 16.7. The van der Waals surface area contributed by atoms with Crippen LogP contribution >= 0.6 is 0 Å². The third-order valence-electron chi connectivity index (χ3n) is 6.83. The number of pyridine rings is 1. The summed E-state index contributed by atoms with van der Waals surface area (Å²) in [5.74, 6) is 0. The minimum atomic E-state index is 1.02. The molecule has 140 valence electrons. The molecule has 2 aliphatic carbocycles. The minimum Gasteiger partial charge on any atom is -0.201 e.